The number of amides is 1. The van der Waals surface area contributed by atoms with Gasteiger partial charge in [-0.05, 0) is 37.6 Å². The summed E-state index contributed by atoms with van der Waals surface area (Å²) in [6.07, 6.45) is 4.40. The smallest absolute Gasteiger partial charge is 0.220 e. The molecule has 2 aromatic heterocycles. The van der Waals surface area contributed by atoms with E-state index in [1.54, 1.807) is 11.3 Å². The van der Waals surface area contributed by atoms with E-state index in [9.17, 15) is 4.79 Å². The van der Waals surface area contributed by atoms with Gasteiger partial charge in [0.05, 0.1) is 5.69 Å². The number of rotatable bonds is 8. The van der Waals surface area contributed by atoms with Gasteiger partial charge >= 0.3 is 0 Å². The van der Waals surface area contributed by atoms with E-state index in [0.29, 0.717) is 13.0 Å². The summed E-state index contributed by atoms with van der Waals surface area (Å²) >= 11 is 1.78. The second kappa shape index (κ2) is 7.85. The first-order valence-electron chi connectivity index (χ1n) is 6.95. The second-order valence-electron chi connectivity index (χ2n) is 4.82. The van der Waals surface area contributed by atoms with Crippen molar-refractivity contribution < 1.29 is 9.32 Å². The van der Waals surface area contributed by atoms with E-state index in [4.69, 9.17) is 4.52 Å². The average Bonchev–Trinajstić information content (AvgIpc) is 3.06. The number of aromatic nitrogens is 1. The van der Waals surface area contributed by atoms with Crippen LogP contribution in [0.25, 0.3) is 0 Å². The molecule has 0 saturated heterocycles. The number of hydrogen-bond donors (Lipinski definition) is 1. The Balaban J connectivity index is 1.52. The van der Waals surface area contributed by atoms with E-state index in [0.717, 1.165) is 37.1 Å². The van der Waals surface area contributed by atoms with Crippen LogP contribution in [-0.2, 0) is 17.6 Å². The fraction of sp³-hybridized carbons (Fsp3) is 0.467. The number of carbonyl (C=O) groups excluding carboxylic acids is 1. The molecule has 2 aromatic rings. The zero-order valence-electron chi connectivity index (χ0n) is 11.7. The molecule has 1 N–H and O–H groups in total. The standard InChI is InChI=1S/C15H20N2O2S/c1-12-11-13(17-19-12)8-9-16-15(18)7-3-2-5-14-6-4-10-20-14/h4,6,10-11H,2-3,5,7-9H2,1H3,(H,16,18). The monoisotopic (exact) mass is 292 g/mol. The van der Waals surface area contributed by atoms with Crippen molar-refractivity contribution in [2.75, 3.05) is 6.54 Å². The van der Waals surface area contributed by atoms with E-state index in [1.807, 2.05) is 13.0 Å². The Morgan fingerprint density at radius 1 is 1.40 bits per heavy atom. The third kappa shape index (κ3) is 5.17. The van der Waals surface area contributed by atoms with Crippen LogP contribution >= 0.6 is 11.3 Å². The van der Waals surface area contributed by atoms with Gasteiger partial charge in [0.15, 0.2) is 0 Å². The van der Waals surface area contributed by atoms with Gasteiger partial charge < -0.3 is 9.84 Å². The van der Waals surface area contributed by atoms with Crippen LogP contribution in [0.5, 0.6) is 0 Å². The predicted octanol–water partition coefficient (Wildman–Crippen LogP) is 3.12. The molecule has 0 bridgehead atoms. The number of unbranched alkanes of at least 4 members (excludes halogenated alkanes) is 1. The Labute approximate surface area is 123 Å². The summed E-state index contributed by atoms with van der Waals surface area (Å²) in [6.45, 7) is 2.48. The summed E-state index contributed by atoms with van der Waals surface area (Å²) in [4.78, 5) is 13.0. The lowest BCUT2D eigenvalue weighted by molar-refractivity contribution is -0.121. The largest absolute Gasteiger partial charge is 0.361 e. The van der Waals surface area contributed by atoms with Gasteiger partial charge in [-0.3, -0.25) is 4.79 Å². The van der Waals surface area contributed by atoms with Crippen LogP contribution in [0.4, 0.5) is 0 Å². The minimum Gasteiger partial charge on any atom is -0.361 e. The molecule has 2 rings (SSSR count). The Kier molecular flexibility index (Phi) is 5.80. The SMILES string of the molecule is Cc1cc(CCNC(=O)CCCCc2cccs2)no1. The number of aryl methyl sites for hydroxylation is 2. The molecular weight excluding hydrogens is 272 g/mol. The highest BCUT2D eigenvalue weighted by molar-refractivity contribution is 7.09. The van der Waals surface area contributed by atoms with E-state index in [-0.39, 0.29) is 5.91 Å². The lowest BCUT2D eigenvalue weighted by Crippen LogP contribution is -2.25. The van der Waals surface area contributed by atoms with Crippen molar-refractivity contribution in [2.45, 2.75) is 39.0 Å². The van der Waals surface area contributed by atoms with Crippen LogP contribution in [0.15, 0.2) is 28.1 Å². The maximum atomic E-state index is 11.6. The molecule has 0 saturated carbocycles. The zero-order chi connectivity index (χ0) is 14.2. The summed E-state index contributed by atoms with van der Waals surface area (Å²) in [5.41, 5.74) is 0.889. The van der Waals surface area contributed by atoms with Crippen LogP contribution in [0, 0.1) is 6.92 Å². The van der Waals surface area contributed by atoms with Gasteiger partial charge in [-0.25, -0.2) is 0 Å². The van der Waals surface area contributed by atoms with Gasteiger partial charge in [0.2, 0.25) is 5.91 Å². The Morgan fingerprint density at radius 3 is 3.00 bits per heavy atom. The molecule has 0 aliphatic heterocycles. The van der Waals surface area contributed by atoms with Gasteiger partial charge in [0.25, 0.3) is 0 Å². The number of hydrogen-bond acceptors (Lipinski definition) is 4. The average molecular weight is 292 g/mol. The second-order valence-corrected chi connectivity index (χ2v) is 5.85. The predicted molar refractivity (Wildman–Crippen MR) is 79.8 cm³/mol. The molecule has 1 amide bonds. The molecule has 5 heteroatoms. The van der Waals surface area contributed by atoms with Crippen LogP contribution in [0.3, 0.4) is 0 Å². The van der Waals surface area contributed by atoms with Crippen molar-refractivity contribution >= 4 is 17.2 Å². The summed E-state index contributed by atoms with van der Waals surface area (Å²) in [6, 6.07) is 6.11. The van der Waals surface area contributed by atoms with Gasteiger partial charge in [-0.1, -0.05) is 11.2 Å². The minimum absolute atomic E-state index is 0.122. The third-order valence-corrected chi connectivity index (χ3v) is 3.97. The van der Waals surface area contributed by atoms with Crippen molar-refractivity contribution in [3.8, 4) is 0 Å². The summed E-state index contributed by atoms with van der Waals surface area (Å²) in [5, 5.41) is 8.90. The Morgan fingerprint density at radius 2 is 2.30 bits per heavy atom. The first-order chi connectivity index (χ1) is 9.74. The topological polar surface area (TPSA) is 55.1 Å². The number of nitrogens with zero attached hydrogens (tertiary/aromatic N) is 1. The Bertz CT molecular complexity index is 520. The highest BCUT2D eigenvalue weighted by atomic mass is 32.1. The Hall–Kier alpha value is -1.62. The van der Waals surface area contributed by atoms with Crippen LogP contribution in [0.2, 0.25) is 0 Å². The first kappa shape index (κ1) is 14.8. The molecule has 0 fully saturated rings. The third-order valence-electron chi connectivity index (χ3n) is 3.04. The molecule has 0 radical (unpaired) electrons. The van der Waals surface area contributed by atoms with Crippen molar-refractivity contribution in [2.24, 2.45) is 0 Å². The molecule has 2 heterocycles. The fourth-order valence-corrected chi connectivity index (χ4v) is 2.75. The van der Waals surface area contributed by atoms with Gasteiger partial charge in [-0.15, -0.1) is 11.3 Å². The fourth-order valence-electron chi connectivity index (χ4n) is 1.99. The van der Waals surface area contributed by atoms with Crippen LogP contribution in [-0.4, -0.2) is 17.6 Å². The molecule has 0 unspecified atom stereocenters. The van der Waals surface area contributed by atoms with Crippen LogP contribution < -0.4 is 5.32 Å². The summed E-state index contributed by atoms with van der Waals surface area (Å²) < 4.78 is 4.98. The minimum atomic E-state index is 0.122. The quantitative estimate of drug-likeness (QED) is 0.761. The maximum Gasteiger partial charge on any atom is 0.220 e. The van der Waals surface area contributed by atoms with E-state index in [1.165, 1.54) is 4.88 Å². The molecule has 108 valence electrons. The van der Waals surface area contributed by atoms with Gasteiger partial charge in [0, 0.05) is 30.3 Å². The molecule has 20 heavy (non-hydrogen) atoms. The lowest BCUT2D eigenvalue weighted by atomic mass is 10.1. The highest BCUT2D eigenvalue weighted by Gasteiger charge is 2.03. The molecular formula is C15H20N2O2S. The molecule has 0 aliphatic carbocycles. The lowest BCUT2D eigenvalue weighted by Gasteiger charge is -2.03. The van der Waals surface area contributed by atoms with Crippen molar-refractivity contribution in [3.05, 3.63) is 39.9 Å². The molecule has 0 aromatic carbocycles. The zero-order valence-corrected chi connectivity index (χ0v) is 12.5. The van der Waals surface area contributed by atoms with Crippen molar-refractivity contribution in [1.29, 1.82) is 0 Å². The molecule has 0 spiro atoms. The number of thiophene rings is 1. The molecule has 0 atom stereocenters. The van der Waals surface area contributed by atoms with E-state index < -0.39 is 0 Å². The molecule has 0 aliphatic rings. The van der Waals surface area contributed by atoms with Crippen molar-refractivity contribution in [1.82, 2.24) is 10.5 Å². The normalized spacial score (nSPS) is 10.7. The maximum absolute atomic E-state index is 11.6. The van der Waals surface area contributed by atoms with Crippen molar-refractivity contribution in [3.63, 3.8) is 0 Å². The van der Waals surface area contributed by atoms with Gasteiger partial charge in [-0.2, -0.15) is 0 Å². The van der Waals surface area contributed by atoms with Crippen LogP contribution in [0.1, 0.15) is 35.6 Å². The summed E-state index contributed by atoms with van der Waals surface area (Å²) in [5.74, 6) is 0.927. The number of nitrogens with one attached hydrogen (secondary N) is 1. The number of carbonyl (C=O) groups is 1. The highest BCUT2D eigenvalue weighted by Crippen LogP contribution is 2.12. The van der Waals surface area contributed by atoms with E-state index in [2.05, 4.69) is 28.0 Å². The molecule has 4 nitrogen and oxygen atoms in total. The summed E-state index contributed by atoms with van der Waals surface area (Å²) in [7, 11) is 0. The first-order valence-corrected chi connectivity index (χ1v) is 7.83. The van der Waals surface area contributed by atoms with E-state index >= 15 is 0 Å². The van der Waals surface area contributed by atoms with Gasteiger partial charge in [0.1, 0.15) is 5.76 Å².